The lowest BCUT2D eigenvalue weighted by molar-refractivity contribution is -0.220. The zero-order valence-corrected chi connectivity index (χ0v) is 39.1. The lowest BCUT2D eigenvalue weighted by Crippen LogP contribution is -2.64. The molecule has 15 heteroatoms. The summed E-state index contributed by atoms with van der Waals surface area (Å²) in [5.41, 5.74) is 0. The van der Waals surface area contributed by atoms with Crippen molar-refractivity contribution in [3.05, 3.63) is 0 Å². The van der Waals surface area contributed by atoms with E-state index in [1.54, 1.807) is 0 Å². The van der Waals surface area contributed by atoms with Crippen LogP contribution in [0.25, 0.3) is 0 Å². The molecule has 364 valence electrons. The summed E-state index contributed by atoms with van der Waals surface area (Å²) in [6.07, 6.45) is 18.9. The molecule has 0 bridgehead atoms. The summed E-state index contributed by atoms with van der Waals surface area (Å²) in [6.45, 7) is 3.59. The van der Waals surface area contributed by atoms with Gasteiger partial charge in [-0.2, -0.15) is 0 Å². The number of phosphoric ester groups is 1. The van der Waals surface area contributed by atoms with E-state index in [1.807, 2.05) is 0 Å². The van der Waals surface area contributed by atoms with E-state index in [-0.39, 0.29) is 12.8 Å². The van der Waals surface area contributed by atoms with E-state index in [2.05, 4.69) is 19.2 Å². The van der Waals surface area contributed by atoms with E-state index in [0.29, 0.717) is 12.8 Å². The van der Waals surface area contributed by atoms with Gasteiger partial charge in [-0.05, 0) is 12.8 Å². The Hall–Kier alpha value is -0.740. The summed E-state index contributed by atoms with van der Waals surface area (Å²) in [5.74, 6) is -0.857. The molecule has 0 saturated heterocycles. The minimum atomic E-state index is -5.23. The van der Waals surface area contributed by atoms with Crippen molar-refractivity contribution in [2.24, 2.45) is 0 Å². The third-order valence-electron chi connectivity index (χ3n) is 12.4. The van der Waals surface area contributed by atoms with Gasteiger partial charge in [-0.15, -0.1) is 0 Å². The molecule has 1 aliphatic carbocycles. The lowest BCUT2D eigenvalue weighted by atomic mass is 9.85. The Morgan fingerprint density at radius 1 is 0.508 bits per heavy atom. The van der Waals surface area contributed by atoms with E-state index >= 15 is 0 Å². The maximum absolute atomic E-state index is 13.1. The number of hydrogen-bond donors (Lipinski definition) is 10. The summed E-state index contributed by atoms with van der Waals surface area (Å²) in [6, 6.07) is -1.47. The Labute approximate surface area is 369 Å². The number of rotatable bonds is 41. The van der Waals surface area contributed by atoms with Crippen LogP contribution in [0.3, 0.4) is 0 Å². The first kappa shape index (κ1) is 58.3. The molecule has 0 spiro atoms. The number of carbonyl (C=O) groups is 1. The maximum atomic E-state index is 13.1. The number of unbranched alkanes of at least 4 members (excludes halogenated alkanes) is 28. The van der Waals surface area contributed by atoms with Crippen molar-refractivity contribution in [3.63, 3.8) is 0 Å². The van der Waals surface area contributed by atoms with Gasteiger partial charge < -0.3 is 51.1 Å². The third kappa shape index (κ3) is 27.4. The molecule has 7 unspecified atom stereocenters. The molecule has 0 aromatic carbocycles. The second-order valence-electron chi connectivity index (χ2n) is 18.0. The highest BCUT2D eigenvalue weighted by Gasteiger charge is 2.51. The van der Waals surface area contributed by atoms with E-state index in [9.17, 15) is 55.1 Å². The minimum absolute atomic E-state index is 0.158. The first-order valence-corrected chi connectivity index (χ1v) is 26.2. The van der Waals surface area contributed by atoms with Crippen LogP contribution >= 0.6 is 7.82 Å². The predicted octanol–water partition coefficient (Wildman–Crippen LogP) is 7.40. The van der Waals surface area contributed by atoms with Crippen LogP contribution in [0.2, 0.25) is 0 Å². The van der Waals surface area contributed by atoms with Crippen molar-refractivity contribution in [2.45, 2.75) is 280 Å². The van der Waals surface area contributed by atoms with Crippen molar-refractivity contribution in [1.82, 2.24) is 5.32 Å². The van der Waals surface area contributed by atoms with Gasteiger partial charge >= 0.3 is 7.82 Å². The number of amides is 1. The summed E-state index contributed by atoms with van der Waals surface area (Å²) in [7, 11) is -5.23. The molecule has 1 amide bonds. The first-order valence-electron chi connectivity index (χ1n) is 24.7. The average Bonchev–Trinajstić information content (AvgIpc) is 3.24. The van der Waals surface area contributed by atoms with Crippen LogP contribution in [0, 0.1) is 0 Å². The fraction of sp³-hybridized carbons (Fsp3) is 0.978. The molecule has 0 heterocycles. The fourth-order valence-electron chi connectivity index (χ4n) is 8.19. The normalized spacial score (nSPS) is 23.7. The van der Waals surface area contributed by atoms with Gasteiger partial charge in [0.2, 0.25) is 5.91 Å². The first-order chi connectivity index (χ1) is 29.3. The van der Waals surface area contributed by atoms with Crippen LogP contribution in [-0.2, 0) is 18.4 Å². The van der Waals surface area contributed by atoms with Gasteiger partial charge in [0.15, 0.2) is 0 Å². The Kier molecular flexibility index (Phi) is 34.8. The van der Waals surface area contributed by atoms with Crippen molar-refractivity contribution >= 4 is 13.7 Å². The molecular weight excluding hydrogens is 805 g/mol. The van der Waals surface area contributed by atoms with E-state index in [1.165, 1.54) is 128 Å². The van der Waals surface area contributed by atoms with E-state index < -0.39 is 81.3 Å². The Balaban J connectivity index is 2.56. The number of carbonyl (C=O) groups excluding carboxylic acids is 1. The average molecular weight is 898 g/mol. The molecule has 61 heavy (non-hydrogen) atoms. The number of aliphatic hydroxyl groups excluding tert-OH is 8. The molecule has 1 saturated carbocycles. The quantitative estimate of drug-likeness (QED) is 0.0213. The fourth-order valence-corrected chi connectivity index (χ4v) is 9.16. The second kappa shape index (κ2) is 36.5. The van der Waals surface area contributed by atoms with Gasteiger partial charge in [0.25, 0.3) is 0 Å². The van der Waals surface area contributed by atoms with Crippen LogP contribution in [0.5, 0.6) is 0 Å². The van der Waals surface area contributed by atoms with Crippen LogP contribution in [0.4, 0.5) is 0 Å². The topological polar surface area (TPSA) is 247 Å². The summed E-state index contributed by atoms with van der Waals surface area (Å²) < 4.78 is 22.9. The van der Waals surface area contributed by atoms with Gasteiger partial charge in [-0.25, -0.2) is 4.57 Å². The molecule has 0 radical (unpaired) electrons. The standard InChI is InChI=1S/C46H92NO13P/c1-3-5-7-9-11-13-15-17-19-20-22-24-26-28-30-32-34-38(49)46(56)47-36(35-59-61(57,58)60-45-43(54)41(52)40(51)42(53)44(45)55)39(50)37(48)33-31-29-27-25-23-21-18-16-14-12-10-8-6-4-2/h36-45,48-55H,3-35H2,1-2H3,(H,47,56)(H,57,58)/t36-,37+,38?,39-,40?,41+,42?,43?,44?,45?/m0/s1. The van der Waals surface area contributed by atoms with Gasteiger partial charge in [0.1, 0.15) is 48.8 Å². The Bertz CT molecular complexity index is 1080. The zero-order valence-electron chi connectivity index (χ0n) is 38.2. The number of hydrogen-bond acceptors (Lipinski definition) is 12. The van der Waals surface area contributed by atoms with Crippen molar-refractivity contribution < 1.29 is 64.2 Å². The predicted molar refractivity (Wildman–Crippen MR) is 240 cm³/mol. The monoisotopic (exact) mass is 898 g/mol. The van der Waals surface area contributed by atoms with Gasteiger partial charge in [-0.1, -0.05) is 206 Å². The van der Waals surface area contributed by atoms with Crippen LogP contribution in [0.15, 0.2) is 0 Å². The molecular formula is C46H92NO13P. The lowest BCUT2D eigenvalue weighted by Gasteiger charge is -2.41. The minimum Gasteiger partial charge on any atom is -0.390 e. The second-order valence-corrected chi connectivity index (χ2v) is 19.4. The highest BCUT2D eigenvalue weighted by molar-refractivity contribution is 7.47. The summed E-state index contributed by atoms with van der Waals surface area (Å²) in [5, 5.41) is 85.5. The molecule has 1 fully saturated rings. The maximum Gasteiger partial charge on any atom is 0.472 e. The molecule has 0 aromatic heterocycles. The molecule has 11 atom stereocenters. The van der Waals surface area contributed by atoms with E-state index in [0.717, 1.165) is 51.4 Å². The Morgan fingerprint density at radius 2 is 0.820 bits per heavy atom. The van der Waals surface area contributed by atoms with Crippen molar-refractivity contribution in [2.75, 3.05) is 6.61 Å². The van der Waals surface area contributed by atoms with Gasteiger partial charge in [0, 0.05) is 0 Å². The number of aliphatic hydroxyl groups is 8. The summed E-state index contributed by atoms with van der Waals surface area (Å²) >= 11 is 0. The van der Waals surface area contributed by atoms with Crippen LogP contribution < -0.4 is 5.32 Å². The van der Waals surface area contributed by atoms with Crippen molar-refractivity contribution in [3.8, 4) is 0 Å². The highest BCUT2D eigenvalue weighted by atomic mass is 31.2. The SMILES string of the molecule is CCCCCCCCCCCCCCCCCCC(O)C(=O)N[C@@H](COP(=O)(O)OC1C(O)C(O)C(O)[C@@H](O)C1O)[C@H](O)[C@H](O)CCCCCCCCCCCCCCCC. The molecule has 0 aliphatic heterocycles. The Morgan fingerprint density at radius 3 is 1.18 bits per heavy atom. The van der Waals surface area contributed by atoms with Crippen LogP contribution in [-0.4, -0.2) is 119 Å². The molecule has 14 nitrogen and oxygen atoms in total. The van der Waals surface area contributed by atoms with Gasteiger partial charge in [0.05, 0.1) is 18.8 Å². The molecule has 0 aromatic rings. The molecule has 1 aliphatic rings. The zero-order chi connectivity index (χ0) is 45.3. The van der Waals surface area contributed by atoms with E-state index in [4.69, 9.17) is 9.05 Å². The third-order valence-corrected chi connectivity index (χ3v) is 13.4. The van der Waals surface area contributed by atoms with Crippen LogP contribution in [0.1, 0.15) is 219 Å². The molecule has 1 rings (SSSR count). The number of nitrogens with one attached hydrogen (secondary N) is 1. The highest BCUT2D eigenvalue weighted by Crippen LogP contribution is 2.47. The molecule has 10 N–H and O–H groups in total. The summed E-state index contributed by atoms with van der Waals surface area (Å²) in [4.78, 5) is 23.5. The largest absolute Gasteiger partial charge is 0.472 e. The van der Waals surface area contributed by atoms with Gasteiger partial charge in [-0.3, -0.25) is 13.8 Å². The smallest absolute Gasteiger partial charge is 0.390 e. The number of phosphoric acid groups is 1. The van der Waals surface area contributed by atoms with Crippen molar-refractivity contribution in [1.29, 1.82) is 0 Å².